The predicted octanol–water partition coefficient (Wildman–Crippen LogP) is -5.00. The monoisotopic (exact) mass is 1190 g/mol. The Morgan fingerprint density at radius 3 is 2.06 bits per heavy atom. The Bertz CT molecular complexity index is 3330. The van der Waals surface area contributed by atoms with Gasteiger partial charge in [-0.2, -0.15) is 0 Å². The number of carbonyl (C=O) groups excluding carboxylic acids is 6. The highest BCUT2D eigenvalue weighted by Crippen LogP contribution is 2.32. The number of guanidine groups is 2. The van der Waals surface area contributed by atoms with Crippen LogP contribution >= 0.6 is 0 Å². The number of nitrogens with one attached hydrogen (secondary N) is 7. The summed E-state index contributed by atoms with van der Waals surface area (Å²) in [7, 11) is 1.55. The minimum absolute atomic E-state index is 0.152. The number of methoxy groups -OCH3 is 1. The number of fused-ring (bicyclic) bond motifs is 1. The van der Waals surface area contributed by atoms with Gasteiger partial charge in [-0.25, -0.2) is 4.98 Å². The molecule has 4 aliphatic rings. The molecule has 0 spiro atoms. The number of nitrogens with two attached hydrogens (primary N) is 2. The molecule has 5 unspecified atom stereocenters. The Labute approximate surface area is 490 Å². The van der Waals surface area contributed by atoms with Crippen molar-refractivity contribution in [3.05, 3.63) is 108 Å². The van der Waals surface area contributed by atoms with Gasteiger partial charge in [0.1, 0.15) is 89.6 Å². The first-order valence-corrected chi connectivity index (χ1v) is 27.3. The Balaban J connectivity index is 1.07. The summed E-state index contributed by atoms with van der Waals surface area (Å²) >= 11 is 0. The van der Waals surface area contributed by atoms with Crippen LogP contribution in [0.2, 0.25) is 0 Å². The number of nitrogens with zero attached hydrogens (tertiary/aromatic N) is 4. The van der Waals surface area contributed by atoms with Crippen molar-refractivity contribution in [3.63, 3.8) is 0 Å². The summed E-state index contributed by atoms with van der Waals surface area (Å²) in [6.45, 7) is -1.96. The van der Waals surface area contributed by atoms with E-state index in [1.807, 2.05) is 0 Å². The van der Waals surface area contributed by atoms with Crippen LogP contribution in [0.15, 0.2) is 111 Å². The highest BCUT2D eigenvalue weighted by molar-refractivity contribution is 5.98. The first-order valence-electron chi connectivity index (χ1n) is 27.3. The fourth-order valence-electron chi connectivity index (χ4n) is 10.4. The summed E-state index contributed by atoms with van der Waals surface area (Å²) in [6, 6.07) is 15.0. The van der Waals surface area contributed by atoms with E-state index in [1.165, 1.54) is 0 Å². The van der Waals surface area contributed by atoms with Gasteiger partial charge in [-0.3, -0.25) is 38.8 Å². The number of ether oxygens (including phenoxy) is 3. The largest absolute Gasteiger partial charge is 0.497 e. The summed E-state index contributed by atoms with van der Waals surface area (Å²) in [5.74, 6) is -6.44. The lowest BCUT2D eigenvalue weighted by atomic mass is 9.92. The number of aliphatic imine (C=N–C) groups is 2. The van der Waals surface area contributed by atoms with Gasteiger partial charge in [0, 0.05) is 17.9 Å². The van der Waals surface area contributed by atoms with Crippen molar-refractivity contribution >= 4 is 58.5 Å². The topological polar surface area (TPSA) is 462 Å². The van der Waals surface area contributed by atoms with E-state index >= 15 is 9.59 Å². The summed E-state index contributed by atoms with van der Waals surface area (Å²) < 4.78 is 23.2. The molecule has 86 heavy (non-hydrogen) atoms. The number of oxazole rings is 1. The molecular weight excluding hydrogens is 1130 g/mol. The molecule has 4 aliphatic heterocycles. The highest BCUT2D eigenvalue weighted by atomic mass is 16.6. The van der Waals surface area contributed by atoms with Crippen LogP contribution < -0.4 is 58.2 Å². The van der Waals surface area contributed by atoms with Crippen LogP contribution in [-0.4, -0.2) is 218 Å². The van der Waals surface area contributed by atoms with Crippen LogP contribution in [0.5, 0.6) is 17.2 Å². The Morgan fingerprint density at radius 2 is 1.36 bits per heavy atom. The van der Waals surface area contributed by atoms with Crippen LogP contribution in [0.25, 0.3) is 22.6 Å². The molecular formula is C56H67N13O17. The second kappa shape index (κ2) is 26.9. The number of hydrogen-bond donors (Lipinski definition) is 16. The van der Waals surface area contributed by atoms with Crippen molar-refractivity contribution in [1.29, 1.82) is 0 Å². The fourth-order valence-corrected chi connectivity index (χ4v) is 10.4. The third-order valence-electron chi connectivity index (χ3n) is 15.2. The molecule has 4 aromatic carbocycles. The zero-order valence-electron chi connectivity index (χ0n) is 46.3. The minimum Gasteiger partial charge on any atom is -0.497 e. The second-order valence-corrected chi connectivity index (χ2v) is 20.9. The fraction of sp³-hybridized carbons (Fsp3) is 0.411. The highest BCUT2D eigenvalue weighted by Gasteiger charge is 2.52. The molecule has 0 saturated carbocycles. The van der Waals surface area contributed by atoms with Crippen LogP contribution in [-0.2, 0) is 39.9 Å². The Morgan fingerprint density at radius 1 is 0.674 bits per heavy atom. The van der Waals surface area contributed by atoms with Crippen LogP contribution in [0.1, 0.15) is 24.0 Å². The number of hydrogen-bond acceptors (Lipinski definition) is 24. The molecule has 6 amide bonds. The zero-order chi connectivity index (χ0) is 61.5. The minimum atomic E-state index is -2.28. The van der Waals surface area contributed by atoms with Gasteiger partial charge < -0.3 is 108 Å². The van der Waals surface area contributed by atoms with Crippen molar-refractivity contribution in [2.45, 2.75) is 104 Å². The maximum Gasteiger partial charge on any atom is 0.246 e. The third-order valence-corrected chi connectivity index (χ3v) is 15.2. The first-order chi connectivity index (χ1) is 41.2. The maximum absolute atomic E-state index is 15.2. The van der Waals surface area contributed by atoms with E-state index in [1.54, 1.807) is 111 Å². The summed E-state index contributed by atoms with van der Waals surface area (Å²) in [6.07, 6.45) is -13.6. The average molecular weight is 1190 g/mol. The molecule has 0 bridgehead atoms. The number of aromatic nitrogens is 1. The number of carbonyl (C=O) groups is 6. The first kappa shape index (κ1) is 61.5. The molecule has 18 N–H and O–H groups in total. The van der Waals surface area contributed by atoms with Crippen LogP contribution in [0.4, 0.5) is 0 Å². The number of rotatable bonds is 15. The van der Waals surface area contributed by atoms with Gasteiger partial charge in [0.25, 0.3) is 0 Å². The molecule has 15 atom stereocenters. The summed E-state index contributed by atoms with van der Waals surface area (Å²) in [5.41, 5.74) is 14.3. The summed E-state index contributed by atoms with van der Waals surface area (Å²) in [4.78, 5) is 101. The van der Waals surface area contributed by atoms with Gasteiger partial charge in [-0.05, 0) is 65.7 Å². The second-order valence-electron chi connectivity index (χ2n) is 20.9. The van der Waals surface area contributed by atoms with E-state index in [2.05, 4.69) is 47.2 Å². The van der Waals surface area contributed by atoms with E-state index in [0.29, 0.717) is 45.0 Å². The van der Waals surface area contributed by atoms with Crippen molar-refractivity contribution in [2.24, 2.45) is 21.5 Å². The lowest BCUT2D eigenvalue weighted by Crippen LogP contribution is -2.70. The zero-order valence-corrected chi connectivity index (χ0v) is 46.3. The lowest BCUT2D eigenvalue weighted by Gasteiger charge is -2.46. The maximum atomic E-state index is 15.2. The average Bonchev–Trinajstić information content (AvgIpc) is 2.47. The quantitative estimate of drug-likeness (QED) is 0.0467. The number of benzene rings is 4. The predicted molar refractivity (Wildman–Crippen MR) is 302 cm³/mol. The standard InChI is InChI=1S/C56H67N13O17/c1-25(27-7-4-3-5-8-27)40-50(80)62-33(18-26-11-16-37-32(17-26)64-53(85-37)28-9-6-10-31(19-28)84-30-14-12-29(83-2)13-15-30)49(79)67-41(43(73)34-20-60-55(57)65-34)52(82)68-42(51(81)63-35(23-70)48(78)59-22-39(72)66-40)44(74)36-21-61-56(58)69(36)54-47(77)46(76)45(75)38(24-71)86-54/h3-17,19,25,33-36,38,40-47,54,70-71,73-77H,18,20-24H2,1-2H3,(H2,58,61)(H,59,78)(H,62,80)(H,63,81)(H,66,72)(H,67,79)(H,68,82)(H3,57,60,65)/t25?,33-,34?,35+,36?,38-,40+,41+,42-,43?,44?,45-,46+,47+,54+/m1/s1. The van der Waals surface area contributed by atoms with Gasteiger partial charge in [0.2, 0.25) is 41.3 Å². The molecule has 5 aromatic rings. The van der Waals surface area contributed by atoms with E-state index in [0.717, 1.165) is 4.90 Å². The third kappa shape index (κ3) is 13.7. The SMILES string of the molecule is COc1ccc(Oc2cccc(-c3nc4cc(C[C@H]5NC(=O)[C@H](C(C)c6ccccc6)NC(=O)CNC(=O)[C@H](CO)NC(=O)[C@@H](C(O)C6CN=C(N)N6[C@H]6O[C@H](CO)[C@@H](O)[C@H](O)[C@@H]6O)NC(=O)[C@H](C(O)C6CN=C(N)N6)NC5=O)ccc4o3)c2)cc1. The van der Waals surface area contributed by atoms with Gasteiger partial charge in [0.15, 0.2) is 23.7 Å². The van der Waals surface area contributed by atoms with Crippen LogP contribution in [0.3, 0.4) is 0 Å². The van der Waals surface area contributed by atoms with Crippen molar-refractivity contribution in [3.8, 4) is 28.7 Å². The van der Waals surface area contributed by atoms with E-state index < -0.39 is 159 Å². The van der Waals surface area contributed by atoms with Gasteiger partial charge in [-0.1, -0.05) is 49.4 Å². The molecule has 0 radical (unpaired) electrons. The van der Waals surface area contributed by atoms with E-state index in [-0.39, 0.29) is 24.8 Å². The Hall–Kier alpha value is -9.01. The molecule has 30 heteroatoms. The van der Waals surface area contributed by atoms with Crippen molar-refractivity contribution in [2.75, 3.05) is 40.0 Å². The molecule has 2 fully saturated rings. The van der Waals surface area contributed by atoms with Crippen molar-refractivity contribution < 1.29 is 83.1 Å². The van der Waals surface area contributed by atoms with Gasteiger partial charge in [-0.15, -0.1) is 0 Å². The molecule has 5 heterocycles. The lowest BCUT2D eigenvalue weighted by molar-refractivity contribution is -0.260. The smallest absolute Gasteiger partial charge is 0.246 e. The number of amides is 6. The Kier molecular flexibility index (Phi) is 19.3. The van der Waals surface area contributed by atoms with E-state index in [9.17, 15) is 54.9 Å². The molecule has 9 rings (SSSR count). The van der Waals surface area contributed by atoms with E-state index in [4.69, 9.17) is 35.1 Å². The number of aliphatic hydroxyl groups excluding tert-OH is 7. The van der Waals surface area contributed by atoms with Crippen LogP contribution in [0, 0.1) is 0 Å². The normalized spacial score (nSPS) is 28.2. The van der Waals surface area contributed by atoms with Gasteiger partial charge in [0.05, 0.1) is 52.0 Å². The number of aliphatic hydroxyl groups is 7. The molecule has 0 aliphatic carbocycles. The molecule has 458 valence electrons. The summed E-state index contributed by atoms with van der Waals surface area (Å²) in [5, 5.41) is 94.7. The van der Waals surface area contributed by atoms with Gasteiger partial charge >= 0.3 is 0 Å². The molecule has 1 aromatic heterocycles. The van der Waals surface area contributed by atoms with Crippen molar-refractivity contribution in [1.82, 2.24) is 47.1 Å². The molecule has 2 saturated heterocycles. The molecule has 30 nitrogen and oxygen atoms in total.